The molecule has 8 heteroatoms. The summed E-state index contributed by atoms with van der Waals surface area (Å²) in [7, 11) is -4.30. The Labute approximate surface area is 79.7 Å². The van der Waals surface area contributed by atoms with Crippen LogP contribution in [0, 0.1) is 3.56 Å². The van der Waals surface area contributed by atoms with Gasteiger partial charge in [0.2, 0.25) is 0 Å². The Balaban J connectivity index is 4.44. The van der Waals surface area contributed by atoms with E-state index in [1.807, 2.05) is 0 Å². The standard InChI is InChI=1S/C4H8INO5S/c6-5-2-3(1-4(7)8)12(9,10)11/h3,6H,1-2H2,(H,7,8)(H,9,10,11). The van der Waals surface area contributed by atoms with Gasteiger partial charge in [-0.25, -0.2) is 0 Å². The van der Waals surface area contributed by atoms with Crippen molar-refractivity contribution in [2.24, 2.45) is 0 Å². The SMILES string of the molecule is N=ICC(CC(=O)O)S(=O)(=O)O. The van der Waals surface area contributed by atoms with Gasteiger partial charge in [0.05, 0.1) is 6.42 Å². The molecule has 0 aliphatic heterocycles. The summed E-state index contributed by atoms with van der Waals surface area (Å²) < 4.78 is 36.2. The zero-order valence-electron chi connectivity index (χ0n) is 5.90. The molecule has 1 atom stereocenters. The lowest BCUT2D eigenvalue weighted by molar-refractivity contribution is -0.136. The fraction of sp³-hybridized carbons (Fsp3) is 0.750. The fourth-order valence-electron chi connectivity index (χ4n) is 0.520. The number of carboxylic acid groups (broad SMARTS) is 1. The zero-order chi connectivity index (χ0) is 9.78. The van der Waals surface area contributed by atoms with E-state index in [2.05, 4.69) is 0 Å². The number of carboxylic acids is 1. The number of alkyl halides is 1. The average molecular weight is 309 g/mol. The topological polar surface area (TPSA) is 116 Å². The molecule has 1 unspecified atom stereocenters. The molecule has 0 aromatic carbocycles. The molecule has 0 radical (unpaired) electrons. The van der Waals surface area contributed by atoms with Crippen LogP contribution >= 0.6 is 21.0 Å². The Morgan fingerprint density at radius 3 is 2.33 bits per heavy atom. The molecule has 0 aliphatic carbocycles. The predicted octanol–water partition coefficient (Wildman–Crippen LogP) is 0.451. The van der Waals surface area contributed by atoms with Crippen molar-refractivity contribution in [1.82, 2.24) is 0 Å². The molecule has 6 nitrogen and oxygen atoms in total. The number of nitrogens with one attached hydrogen (secondary N) is 1. The lowest BCUT2D eigenvalue weighted by atomic mass is 10.3. The molecule has 0 aromatic heterocycles. The molecule has 0 amide bonds. The molecule has 0 aromatic rings. The van der Waals surface area contributed by atoms with Gasteiger partial charge in [-0.3, -0.25) is 12.9 Å². The van der Waals surface area contributed by atoms with Crippen LogP contribution in [0.15, 0.2) is 0 Å². The summed E-state index contributed by atoms with van der Waals surface area (Å²) in [6.07, 6.45) is -0.628. The van der Waals surface area contributed by atoms with Crippen LogP contribution in [0.3, 0.4) is 0 Å². The van der Waals surface area contributed by atoms with E-state index in [0.29, 0.717) is 0 Å². The molecule has 0 heterocycles. The Bertz CT molecular complexity index is 273. The molecule has 0 saturated heterocycles. The summed E-state index contributed by atoms with van der Waals surface area (Å²) in [6, 6.07) is 0. The van der Waals surface area contributed by atoms with Crippen LogP contribution in [-0.2, 0) is 14.9 Å². The maximum Gasteiger partial charge on any atom is 0.304 e. The van der Waals surface area contributed by atoms with Crippen LogP contribution < -0.4 is 0 Å². The van der Waals surface area contributed by atoms with E-state index in [0.717, 1.165) is 0 Å². The van der Waals surface area contributed by atoms with E-state index in [4.69, 9.17) is 13.2 Å². The first-order valence-corrected chi connectivity index (χ1v) is 6.91. The van der Waals surface area contributed by atoms with E-state index in [1.165, 1.54) is 0 Å². The molecule has 0 rings (SSSR count). The molecular formula is C4H8INO5S. The summed E-state index contributed by atoms with van der Waals surface area (Å²) in [4.78, 5) is 10.1. The Kier molecular flexibility index (Phi) is 4.78. The van der Waals surface area contributed by atoms with E-state index >= 15 is 0 Å². The largest absolute Gasteiger partial charge is 0.481 e. The molecule has 12 heavy (non-hydrogen) atoms. The maximum absolute atomic E-state index is 10.5. The molecular weight excluding hydrogens is 301 g/mol. The molecule has 72 valence electrons. The second kappa shape index (κ2) is 4.82. The second-order valence-electron chi connectivity index (χ2n) is 2.02. The van der Waals surface area contributed by atoms with Crippen molar-refractivity contribution >= 4 is 37.1 Å². The third-order valence-corrected chi connectivity index (χ3v) is 4.35. The van der Waals surface area contributed by atoms with Crippen molar-refractivity contribution in [2.45, 2.75) is 11.7 Å². The van der Waals surface area contributed by atoms with Gasteiger partial charge in [0.1, 0.15) is 5.25 Å². The van der Waals surface area contributed by atoms with Gasteiger partial charge < -0.3 is 5.11 Å². The van der Waals surface area contributed by atoms with E-state index in [1.54, 1.807) is 0 Å². The summed E-state index contributed by atoms with van der Waals surface area (Å²) in [5, 5.41) is 6.94. The maximum atomic E-state index is 10.5. The van der Waals surface area contributed by atoms with Gasteiger partial charge >= 0.3 is 5.97 Å². The van der Waals surface area contributed by atoms with Crippen LogP contribution in [0.4, 0.5) is 0 Å². The number of halogens is 1. The van der Waals surface area contributed by atoms with Gasteiger partial charge in [0.25, 0.3) is 10.1 Å². The summed E-state index contributed by atoms with van der Waals surface area (Å²) >= 11 is -1.08. The van der Waals surface area contributed by atoms with Crippen LogP contribution in [0.25, 0.3) is 0 Å². The minimum Gasteiger partial charge on any atom is -0.481 e. The molecule has 0 aliphatic rings. The molecule has 0 spiro atoms. The van der Waals surface area contributed by atoms with E-state index < -0.39 is 48.8 Å². The van der Waals surface area contributed by atoms with Crippen LogP contribution in [0.5, 0.6) is 0 Å². The van der Waals surface area contributed by atoms with Gasteiger partial charge in [0, 0.05) is 4.43 Å². The lowest BCUT2D eigenvalue weighted by Gasteiger charge is -2.06. The van der Waals surface area contributed by atoms with Gasteiger partial charge in [-0.15, -0.1) is 0 Å². The Morgan fingerprint density at radius 1 is 1.58 bits per heavy atom. The quantitative estimate of drug-likeness (QED) is 0.387. The minimum atomic E-state index is -4.30. The van der Waals surface area contributed by atoms with E-state index in [-0.39, 0.29) is 4.43 Å². The van der Waals surface area contributed by atoms with Crippen LogP contribution in [0.2, 0.25) is 0 Å². The highest BCUT2D eigenvalue weighted by Crippen LogP contribution is 2.10. The lowest BCUT2D eigenvalue weighted by Crippen LogP contribution is -2.25. The minimum absolute atomic E-state index is 0.0516. The number of aliphatic carboxylic acids is 1. The highest BCUT2D eigenvalue weighted by atomic mass is 127. The molecule has 0 bridgehead atoms. The number of hydrogen-bond acceptors (Lipinski definition) is 4. The van der Waals surface area contributed by atoms with Gasteiger partial charge in [-0.05, 0) is 21.0 Å². The Morgan fingerprint density at radius 2 is 2.08 bits per heavy atom. The first kappa shape index (κ1) is 11.9. The van der Waals surface area contributed by atoms with Crippen LogP contribution in [-0.4, -0.2) is 33.7 Å². The van der Waals surface area contributed by atoms with E-state index in [9.17, 15) is 13.2 Å². The highest BCUT2D eigenvalue weighted by Gasteiger charge is 2.24. The average Bonchev–Trinajstić information content (AvgIpc) is 1.83. The van der Waals surface area contributed by atoms with Gasteiger partial charge in [-0.1, -0.05) is 0 Å². The molecule has 3 N–H and O–H groups in total. The fourth-order valence-corrected chi connectivity index (χ4v) is 3.62. The number of rotatable bonds is 5. The first-order valence-electron chi connectivity index (χ1n) is 2.81. The molecule has 0 fully saturated rings. The summed E-state index contributed by atoms with van der Waals surface area (Å²) in [5.41, 5.74) is 0. The summed E-state index contributed by atoms with van der Waals surface area (Å²) in [6.45, 7) is 0. The van der Waals surface area contributed by atoms with Gasteiger partial charge in [-0.2, -0.15) is 8.42 Å². The monoisotopic (exact) mass is 309 g/mol. The van der Waals surface area contributed by atoms with Crippen LogP contribution in [0.1, 0.15) is 6.42 Å². The number of carbonyl (C=O) groups is 1. The third-order valence-electron chi connectivity index (χ3n) is 1.07. The van der Waals surface area contributed by atoms with Crippen molar-refractivity contribution in [2.75, 3.05) is 4.43 Å². The first-order chi connectivity index (χ1) is 5.38. The zero-order valence-corrected chi connectivity index (χ0v) is 8.87. The smallest absolute Gasteiger partial charge is 0.304 e. The normalized spacial score (nSPS) is 14.1. The Hall–Kier alpha value is -0.0900. The third kappa shape index (κ3) is 4.72. The highest BCUT2D eigenvalue weighted by molar-refractivity contribution is 14.1. The number of hydrogen-bond donors (Lipinski definition) is 3. The van der Waals surface area contributed by atoms with Crippen molar-refractivity contribution in [3.05, 3.63) is 0 Å². The van der Waals surface area contributed by atoms with Crippen molar-refractivity contribution < 1.29 is 22.9 Å². The predicted molar refractivity (Wildman–Crippen MR) is 49.2 cm³/mol. The van der Waals surface area contributed by atoms with Crippen molar-refractivity contribution in [3.8, 4) is 0 Å². The van der Waals surface area contributed by atoms with Crippen molar-refractivity contribution in [1.29, 1.82) is 3.56 Å². The van der Waals surface area contributed by atoms with Crippen molar-refractivity contribution in [3.63, 3.8) is 0 Å². The second-order valence-corrected chi connectivity index (χ2v) is 5.36. The van der Waals surface area contributed by atoms with Gasteiger partial charge in [0.15, 0.2) is 0 Å². The molecule has 0 saturated carbocycles. The summed E-state index contributed by atoms with van der Waals surface area (Å²) in [5.74, 6) is -1.28.